The zero-order valence-electron chi connectivity index (χ0n) is 18.0. The number of methoxy groups -OCH3 is 1. The molecule has 1 atom stereocenters. The van der Waals surface area contributed by atoms with E-state index in [0.29, 0.717) is 17.3 Å². The molecule has 0 bridgehead atoms. The lowest BCUT2D eigenvalue weighted by Crippen LogP contribution is -2.50. The van der Waals surface area contributed by atoms with Crippen LogP contribution in [0.4, 0.5) is 0 Å². The van der Waals surface area contributed by atoms with Crippen LogP contribution in [0.1, 0.15) is 38.2 Å². The van der Waals surface area contributed by atoms with E-state index in [1.54, 1.807) is 43.2 Å². The average molecular weight is 445 g/mol. The van der Waals surface area contributed by atoms with Crippen LogP contribution in [0.3, 0.4) is 0 Å². The molecule has 0 aliphatic heterocycles. The lowest BCUT2D eigenvalue weighted by Gasteiger charge is -2.29. The molecular formula is C24H29ClN2O4. The molecule has 0 heterocycles. The van der Waals surface area contributed by atoms with Crippen molar-refractivity contribution in [1.29, 1.82) is 0 Å². The van der Waals surface area contributed by atoms with Crippen LogP contribution in [0.2, 0.25) is 5.02 Å². The highest BCUT2D eigenvalue weighted by Gasteiger charge is 2.28. The quantitative estimate of drug-likeness (QED) is 0.629. The number of nitrogens with zero attached hydrogens (tertiary/aromatic N) is 1. The van der Waals surface area contributed by atoms with Gasteiger partial charge < -0.3 is 19.7 Å². The van der Waals surface area contributed by atoms with Gasteiger partial charge in [-0.1, -0.05) is 36.6 Å². The largest absolute Gasteiger partial charge is 0.497 e. The molecule has 2 aromatic rings. The first-order valence-corrected chi connectivity index (χ1v) is 10.9. The van der Waals surface area contributed by atoms with E-state index < -0.39 is 6.04 Å². The van der Waals surface area contributed by atoms with Crippen LogP contribution >= 0.6 is 11.6 Å². The second-order valence-corrected chi connectivity index (χ2v) is 8.21. The van der Waals surface area contributed by atoms with E-state index in [9.17, 15) is 9.59 Å². The second kappa shape index (κ2) is 11.0. The Balaban J connectivity index is 1.70. The number of carbonyl (C=O) groups is 2. The highest BCUT2D eigenvalue weighted by Crippen LogP contribution is 2.20. The number of hydrogen-bond donors (Lipinski definition) is 1. The van der Waals surface area contributed by atoms with Gasteiger partial charge in [-0.3, -0.25) is 9.59 Å². The maximum absolute atomic E-state index is 13.1. The van der Waals surface area contributed by atoms with Crippen molar-refractivity contribution in [3.8, 4) is 11.5 Å². The summed E-state index contributed by atoms with van der Waals surface area (Å²) in [5, 5.41) is 3.68. The molecule has 31 heavy (non-hydrogen) atoms. The standard InChI is InChI=1S/C24H29ClN2O4/c1-17(24(29)26-20-5-3-4-6-20)27(15-18-7-11-21(30-2)12-8-18)23(28)16-31-22-13-9-19(25)10-14-22/h7-14,17,20H,3-6,15-16H2,1-2H3,(H,26,29)/t17-/m1/s1. The normalized spacial score (nSPS) is 14.7. The number of nitrogens with one attached hydrogen (secondary N) is 1. The van der Waals surface area contributed by atoms with E-state index in [0.717, 1.165) is 37.0 Å². The van der Waals surface area contributed by atoms with Gasteiger partial charge in [-0.15, -0.1) is 0 Å². The third-order valence-corrected chi connectivity index (χ3v) is 5.81. The van der Waals surface area contributed by atoms with Gasteiger partial charge >= 0.3 is 0 Å². The van der Waals surface area contributed by atoms with Crippen LogP contribution in [-0.2, 0) is 16.1 Å². The number of rotatable bonds is 9. The van der Waals surface area contributed by atoms with Crippen LogP contribution in [0, 0.1) is 0 Å². The predicted octanol–water partition coefficient (Wildman–Crippen LogP) is 4.20. The van der Waals surface area contributed by atoms with Gasteiger partial charge in [0.1, 0.15) is 17.5 Å². The molecule has 0 radical (unpaired) electrons. The van der Waals surface area contributed by atoms with Crippen molar-refractivity contribution in [2.24, 2.45) is 0 Å². The number of hydrogen-bond acceptors (Lipinski definition) is 4. The molecule has 166 valence electrons. The number of amides is 2. The third-order valence-electron chi connectivity index (χ3n) is 5.56. The van der Waals surface area contributed by atoms with E-state index in [1.165, 1.54) is 0 Å². The molecule has 0 aromatic heterocycles. The Kier molecular flexibility index (Phi) is 8.18. The molecule has 1 saturated carbocycles. The molecule has 2 amide bonds. The summed E-state index contributed by atoms with van der Waals surface area (Å²) >= 11 is 5.90. The van der Waals surface area contributed by atoms with Gasteiger partial charge in [0.15, 0.2) is 6.61 Å². The summed E-state index contributed by atoms with van der Waals surface area (Å²) in [6, 6.07) is 13.8. The molecule has 1 aliphatic rings. The summed E-state index contributed by atoms with van der Waals surface area (Å²) in [7, 11) is 1.61. The van der Waals surface area contributed by atoms with Crippen LogP contribution in [0.15, 0.2) is 48.5 Å². The highest BCUT2D eigenvalue weighted by molar-refractivity contribution is 6.30. The molecule has 6 nitrogen and oxygen atoms in total. The van der Waals surface area contributed by atoms with Gasteiger partial charge in [-0.2, -0.15) is 0 Å². The Morgan fingerprint density at radius 2 is 1.68 bits per heavy atom. The molecule has 2 aromatic carbocycles. The van der Waals surface area contributed by atoms with E-state index in [2.05, 4.69) is 5.32 Å². The first-order valence-electron chi connectivity index (χ1n) is 10.6. The van der Waals surface area contributed by atoms with Gasteiger partial charge in [-0.25, -0.2) is 0 Å². The Bertz CT molecular complexity index is 864. The van der Waals surface area contributed by atoms with Crippen molar-refractivity contribution < 1.29 is 19.1 Å². The molecular weight excluding hydrogens is 416 g/mol. The van der Waals surface area contributed by atoms with Crippen LogP contribution in [0.25, 0.3) is 0 Å². The van der Waals surface area contributed by atoms with Crippen molar-refractivity contribution in [2.75, 3.05) is 13.7 Å². The van der Waals surface area contributed by atoms with Crippen molar-refractivity contribution in [2.45, 2.75) is 51.2 Å². The molecule has 7 heteroatoms. The van der Waals surface area contributed by atoms with Gasteiger partial charge in [0.25, 0.3) is 5.91 Å². The van der Waals surface area contributed by atoms with Gasteiger partial charge in [0, 0.05) is 17.6 Å². The van der Waals surface area contributed by atoms with Crippen molar-refractivity contribution in [1.82, 2.24) is 10.2 Å². The van der Waals surface area contributed by atoms with Crippen molar-refractivity contribution >= 4 is 23.4 Å². The molecule has 0 spiro atoms. The first-order chi connectivity index (χ1) is 15.0. The van der Waals surface area contributed by atoms with E-state index in [-0.39, 0.29) is 24.5 Å². The number of carbonyl (C=O) groups excluding carboxylic acids is 2. The fourth-order valence-corrected chi connectivity index (χ4v) is 3.79. The molecule has 3 rings (SSSR count). The smallest absolute Gasteiger partial charge is 0.261 e. The molecule has 1 N–H and O–H groups in total. The fraction of sp³-hybridized carbons (Fsp3) is 0.417. The number of ether oxygens (including phenoxy) is 2. The Morgan fingerprint density at radius 1 is 1.06 bits per heavy atom. The Labute approximate surface area is 188 Å². The molecule has 1 aliphatic carbocycles. The minimum atomic E-state index is -0.621. The zero-order valence-corrected chi connectivity index (χ0v) is 18.7. The minimum Gasteiger partial charge on any atom is -0.497 e. The summed E-state index contributed by atoms with van der Waals surface area (Å²) in [6.07, 6.45) is 4.24. The van der Waals surface area contributed by atoms with Crippen LogP contribution in [-0.4, -0.2) is 42.5 Å². The van der Waals surface area contributed by atoms with E-state index >= 15 is 0 Å². The minimum absolute atomic E-state index is 0.139. The average Bonchev–Trinajstić information content (AvgIpc) is 3.30. The monoisotopic (exact) mass is 444 g/mol. The topological polar surface area (TPSA) is 67.9 Å². The number of halogens is 1. The predicted molar refractivity (Wildman–Crippen MR) is 120 cm³/mol. The number of benzene rings is 2. The van der Waals surface area contributed by atoms with Crippen LogP contribution in [0.5, 0.6) is 11.5 Å². The van der Waals surface area contributed by atoms with Gasteiger partial charge in [0.2, 0.25) is 5.91 Å². The summed E-state index contributed by atoms with van der Waals surface area (Å²) in [6.45, 7) is 1.89. The lowest BCUT2D eigenvalue weighted by molar-refractivity contribution is -0.142. The van der Waals surface area contributed by atoms with E-state index in [4.69, 9.17) is 21.1 Å². The summed E-state index contributed by atoms with van der Waals surface area (Å²) in [4.78, 5) is 27.5. The summed E-state index contributed by atoms with van der Waals surface area (Å²) in [5.41, 5.74) is 0.904. The van der Waals surface area contributed by atoms with Crippen LogP contribution < -0.4 is 14.8 Å². The summed E-state index contributed by atoms with van der Waals surface area (Å²) < 4.78 is 10.8. The van der Waals surface area contributed by atoms with Gasteiger partial charge in [-0.05, 0) is 61.7 Å². The zero-order chi connectivity index (χ0) is 22.2. The first kappa shape index (κ1) is 22.9. The SMILES string of the molecule is COc1ccc(CN(C(=O)COc2ccc(Cl)cc2)[C@H](C)C(=O)NC2CCCC2)cc1. The van der Waals surface area contributed by atoms with Crippen molar-refractivity contribution in [3.63, 3.8) is 0 Å². The Hall–Kier alpha value is -2.73. The summed E-state index contributed by atoms with van der Waals surface area (Å²) in [5.74, 6) is 0.880. The molecule has 1 fully saturated rings. The maximum atomic E-state index is 13.1. The molecule has 0 saturated heterocycles. The maximum Gasteiger partial charge on any atom is 0.261 e. The fourth-order valence-electron chi connectivity index (χ4n) is 3.66. The van der Waals surface area contributed by atoms with Crippen molar-refractivity contribution in [3.05, 3.63) is 59.1 Å². The Morgan fingerprint density at radius 3 is 2.29 bits per heavy atom. The van der Waals surface area contributed by atoms with Gasteiger partial charge in [0.05, 0.1) is 7.11 Å². The lowest BCUT2D eigenvalue weighted by atomic mass is 10.1. The highest BCUT2D eigenvalue weighted by atomic mass is 35.5. The third kappa shape index (κ3) is 6.62. The second-order valence-electron chi connectivity index (χ2n) is 7.78. The molecule has 0 unspecified atom stereocenters. The van der Waals surface area contributed by atoms with E-state index in [1.807, 2.05) is 24.3 Å².